The van der Waals surface area contributed by atoms with E-state index >= 15 is 0 Å². The molecule has 25 heavy (non-hydrogen) atoms. The molecule has 0 bridgehead atoms. The first-order valence-electron chi connectivity index (χ1n) is 9.18. The molecule has 0 aliphatic carbocycles. The van der Waals surface area contributed by atoms with E-state index in [1.807, 2.05) is 12.1 Å². The highest BCUT2D eigenvalue weighted by Gasteiger charge is 2.19. The minimum atomic E-state index is -0.0903. The van der Waals surface area contributed by atoms with Gasteiger partial charge in [-0.1, -0.05) is 18.6 Å². The molecular weight excluding hydrogens is 318 g/mol. The molecule has 0 aromatic heterocycles. The number of nitrogens with zero attached hydrogens (tertiary/aromatic N) is 2. The van der Waals surface area contributed by atoms with Crippen LogP contribution in [0.15, 0.2) is 24.3 Å². The van der Waals surface area contributed by atoms with Crippen LogP contribution < -0.4 is 10.2 Å². The van der Waals surface area contributed by atoms with Crippen molar-refractivity contribution in [1.29, 1.82) is 0 Å². The number of rotatable bonds is 5. The van der Waals surface area contributed by atoms with Crippen molar-refractivity contribution >= 4 is 17.5 Å². The van der Waals surface area contributed by atoms with Crippen molar-refractivity contribution in [3.8, 4) is 0 Å². The maximum atomic E-state index is 12.1. The van der Waals surface area contributed by atoms with Gasteiger partial charge in [0.15, 0.2) is 0 Å². The fraction of sp³-hybridized carbons (Fsp3) is 0.579. The number of carbonyl (C=O) groups is 2. The van der Waals surface area contributed by atoms with E-state index in [-0.39, 0.29) is 18.4 Å². The second-order valence-corrected chi connectivity index (χ2v) is 6.67. The van der Waals surface area contributed by atoms with Crippen molar-refractivity contribution in [2.45, 2.75) is 32.2 Å². The lowest BCUT2D eigenvalue weighted by Crippen LogP contribution is -2.40. The van der Waals surface area contributed by atoms with Gasteiger partial charge in [-0.3, -0.25) is 9.59 Å². The van der Waals surface area contributed by atoms with Gasteiger partial charge in [0, 0.05) is 38.3 Å². The molecule has 2 aliphatic heterocycles. The Kier molecular flexibility index (Phi) is 6.28. The van der Waals surface area contributed by atoms with Gasteiger partial charge in [0.05, 0.1) is 19.8 Å². The highest BCUT2D eigenvalue weighted by atomic mass is 16.5. The van der Waals surface area contributed by atoms with Crippen molar-refractivity contribution in [2.75, 3.05) is 44.3 Å². The first-order chi connectivity index (χ1) is 12.2. The Labute approximate surface area is 149 Å². The van der Waals surface area contributed by atoms with E-state index < -0.39 is 0 Å². The number of morpholine rings is 1. The van der Waals surface area contributed by atoms with E-state index in [9.17, 15) is 9.59 Å². The molecule has 2 aliphatic rings. The molecule has 2 fully saturated rings. The highest BCUT2D eigenvalue weighted by Crippen LogP contribution is 2.16. The van der Waals surface area contributed by atoms with Gasteiger partial charge in [-0.2, -0.15) is 0 Å². The maximum absolute atomic E-state index is 12.1. The van der Waals surface area contributed by atoms with E-state index in [0.717, 1.165) is 51.1 Å². The Morgan fingerprint density at radius 1 is 1.04 bits per heavy atom. The third-order valence-electron chi connectivity index (χ3n) is 4.81. The molecule has 3 rings (SSSR count). The number of carbonyl (C=O) groups excluding carboxylic acids is 2. The predicted molar refractivity (Wildman–Crippen MR) is 96.4 cm³/mol. The van der Waals surface area contributed by atoms with Crippen molar-refractivity contribution in [2.24, 2.45) is 0 Å². The van der Waals surface area contributed by atoms with Gasteiger partial charge in [-0.05, 0) is 30.5 Å². The summed E-state index contributed by atoms with van der Waals surface area (Å²) < 4.78 is 5.37. The molecule has 2 heterocycles. The second-order valence-electron chi connectivity index (χ2n) is 6.67. The average Bonchev–Trinajstić information content (AvgIpc) is 2.86. The lowest BCUT2D eigenvalue weighted by atomic mass is 10.2. The average molecular weight is 345 g/mol. The topological polar surface area (TPSA) is 61.9 Å². The summed E-state index contributed by atoms with van der Waals surface area (Å²) >= 11 is 0. The Morgan fingerprint density at radius 2 is 1.80 bits per heavy atom. The minimum absolute atomic E-state index is 0.0903. The largest absolute Gasteiger partial charge is 0.378 e. The number of hydrogen-bond acceptors (Lipinski definition) is 4. The minimum Gasteiger partial charge on any atom is -0.378 e. The van der Waals surface area contributed by atoms with Gasteiger partial charge in [-0.15, -0.1) is 0 Å². The molecule has 1 aromatic rings. The third kappa shape index (κ3) is 5.19. The first-order valence-corrected chi connectivity index (χ1v) is 9.18. The van der Waals surface area contributed by atoms with E-state index in [0.29, 0.717) is 19.5 Å². The van der Waals surface area contributed by atoms with Crippen molar-refractivity contribution in [3.63, 3.8) is 0 Å². The summed E-state index contributed by atoms with van der Waals surface area (Å²) in [6.07, 6.45) is 3.56. The van der Waals surface area contributed by atoms with Crippen LogP contribution >= 0.6 is 0 Å². The Balaban J connectivity index is 1.46. The summed E-state index contributed by atoms with van der Waals surface area (Å²) in [7, 11) is 0. The molecule has 0 atom stereocenters. The Bertz CT molecular complexity index is 582. The molecule has 1 aromatic carbocycles. The maximum Gasteiger partial charge on any atom is 0.239 e. The van der Waals surface area contributed by atoms with Crippen LogP contribution in [0.3, 0.4) is 0 Å². The second kappa shape index (κ2) is 8.85. The summed E-state index contributed by atoms with van der Waals surface area (Å²) in [5.74, 6) is 0.00928. The van der Waals surface area contributed by atoms with Crippen LogP contribution in [-0.2, 0) is 20.9 Å². The quantitative estimate of drug-likeness (QED) is 0.879. The van der Waals surface area contributed by atoms with Crippen molar-refractivity contribution < 1.29 is 14.3 Å². The molecule has 6 heteroatoms. The van der Waals surface area contributed by atoms with Crippen LogP contribution in [0, 0.1) is 0 Å². The van der Waals surface area contributed by atoms with Crippen LogP contribution in [0.5, 0.6) is 0 Å². The van der Waals surface area contributed by atoms with Gasteiger partial charge in [0.25, 0.3) is 0 Å². The van der Waals surface area contributed by atoms with E-state index in [2.05, 4.69) is 22.3 Å². The smallest absolute Gasteiger partial charge is 0.239 e. The van der Waals surface area contributed by atoms with Crippen molar-refractivity contribution in [3.05, 3.63) is 29.8 Å². The molecule has 6 nitrogen and oxygen atoms in total. The van der Waals surface area contributed by atoms with Crippen LogP contribution in [0.1, 0.15) is 31.2 Å². The number of benzene rings is 1. The zero-order valence-corrected chi connectivity index (χ0v) is 14.7. The third-order valence-corrected chi connectivity index (χ3v) is 4.81. The summed E-state index contributed by atoms with van der Waals surface area (Å²) in [5, 5.41) is 2.92. The van der Waals surface area contributed by atoms with Crippen LogP contribution in [-0.4, -0.2) is 56.1 Å². The number of anilines is 1. The number of likely N-dealkylation sites (tertiary alicyclic amines) is 1. The molecule has 0 radical (unpaired) electrons. The molecule has 0 spiro atoms. The fourth-order valence-electron chi connectivity index (χ4n) is 3.28. The lowest BCUT2D eigenvalue weighted by Gasteiger charge is -2.28. The Morgan fingerprint density at radius 3 is 2.56 bits per heavy atom. The van der Waals surface area contributed by atoms with Crippen LogP contribution in [0.2, 0.25) is 0 Å². The monoisotopic (exact) mass is 345 g/mol. The normalized spacial score (nSPS) is 18.8. The van der Waals surface area contributed by atoms with E-state index in [4.69, 9.17) is 4.74 Å². The predicted octanol–water partition coefficient (Wildman–Crippen LogP) is 1.54. The fourth-order valence-corrected chi connectivity index (χ4v) is 3.28. The van der Waals surface area contributed by atoms with Gasteiger partial charge in [-0.25, -0.2) is 0 Å². The van der Waals surface area contributed by atoms with Gasteiger partial charge in [0.1, 0.15) is 0 Å². The summed E-state index contributed by atoms with van der Waals surface area (Å²) in [6.45, 7) is 4.73. The molecule has 0 saturated carbocycles. The molecule has 2 saturated heterocycles. The summed E-state index contributed by atoms with van der Waals surface area (Å²) in [6, 6.07) is 8.26. The van der Waals surface area contributed by atoms with Crippen LogP contribution in [0.25, 0.3) is 0 Å². The number of hydrogen-bond donors (Lipinski definition) is 1. The molecule has 136 valence electrons. The number of amides is 2. The zero-order chi connectivity index (χ0) is 17.5. The van der Waals surface area contributed by atoms with Gasteiger partial charge >= 0.3 is 0 Å². The zero-order valence-electron chi connectivity index (χ0n) is 14.7. The SMILES string of the molecule is O=C(CN1CCCCCC1=O)NCc1ccc(N2CCOCC2)cc1. The molecule has 0 unspecified atom stereocenters. The number of nitrogens with one attached hydrogen (secondary N) is 1. The molecule has 2 amide bonds. The molecular formula is C19H27N3O3. The van der Waals surface area contributed by atoms with Gasteiger partial charge in [0.2, 0.25) is 11.8 Å². The standard InChI is InChI=1S/C19H27N3O3/c23-18(15-22-9-3-1-2-4-19(22)24)20-14-16-5-7-17(8-6-16)21-10-12-25-13-11-21/h5-8H,1-4,9-15H2,(H,20,23). The van der Waals surface area contributed by atoms with Gasteiger partial charge < -0.3 is 19.9 Å². The lowest BCUT2D eigenvalue weighted by molar-refractivity contribution is -0.135. The van der Waals surface area contributed by atoms with E-state index in [1.165, 1.54) is 5.69 Å². The Hall–Kier alpha value is -2.08. The number of ether oxygens (including phenoxy) is 1. The highest BCUT2D eigenvalue weighted by molar-refractivity contribution is 5.84. The van der Waals surface area contributed by atoms with Crippen molar-refractivity contribution in [1.82, 2.24) is 10.2 Å². The van der Waals surface area contributed by atoms with Crippen LogP contribution in [0.4, 0.5) is 5.69 Å². The summed E-state index contributed by atoms with van der Waals surface area (Å²) in [5.41, 5.74) is 2.25. The van der Waals surface area contributed by atoms with E-state index in [1.54, 1.807) is 4.90 Å². The summed E-state index contributed by atoms with van der Waals surface area (Å²) in [4.78, 5) is 28.1. The first kappa shape index (κ1) is 17.7. The molecule has 1 N–H and O–H groups in total.